The van der Waals surface area contributed by atoms with E-state index in [1.807, 2.05) is 36.4 Å². The van der Waals surface area contributed by atoms with Crippen molar-refractivity contribution < 1.29 is 24.1 Å². The van der Waals surface area contributed by atoms with Gasteiger partial charge in [-0.2, -0.15) is 0 Å². The Balaban J connectivity index is 2.17. The van der Waals surface area contributed by atoms with Gasteiger partial charge in [0.05, 0.1) is 26.4 Å². The van der Waals surface area contributed by atoms with Crippen LogP contribution < -0.4 is 18.9 Å². The fraction of sp³-hybridized carbons (Fsp3) is 0.548. The van der Waals surface area contributed by atoms with Crippen molar-refractivity contribution in [3.8, 4) is 28.7 Å². The molecule has 200 valence electrons. The lowest BCUT2D eigenvalue weighted by Crippen LogP contribution is -2.02. The average molecular weight is 499 g/mol. The minimum Gasteiger partial charge on any atom is -0.507 e. The molecular weight excluding hydrogens is 452 g/mol. The van der Waals surface area contributed by atoms with Crippen molar-refractivity contribution >= 4 is 6.08 Å². The van der Waals surface area contributed by atoms with Gasteiger partial charge < -0.3 is 24.1 Å². The Bertz CT molecular complexity index is 906. The van der Waals surface area contributed by atoms with Crippen molar-refractivity contribution in [3.05, 3.63) is 47.5 Å². The van der Waals surface area contributed by atoms with Crippen molar-refractivity contribution in [1.29, 1.82) is 0 Å². The Hall–Kier alpha value is -2.82. The first kappa shape index (κ1) is 29.4. The van der Waals surface area contributed by atoms with Gasteiger partial charge in [0.25, 0.3) is 0 Å². The van der Waals surface area contributed by atoms with Gasteiger partial charge in [0, 0.05) is 17.7 Å². The number of hydrogen-bond donors (Lipinski definition) is 1. The summed E-state index contributed by atoms with van der Waals surface area (Å²) in [5.41, 5.74) is 1.79. The highest BCUT2D eigenvalue weighted by Crippen LogP contribution is 2.35. The average Bonchev–Trinajstić information content (AvgIpc) is 2.87. The largest absolute Gasteiger partial charge is 0.507 e. The molecule has 0 saturated heterocycles. The summed E-state index contributed by atoms with van der Waals surface area (Å²) in [4.78, 5) is 0. The zero-order chi connectivity index (χ0) is 26.0. The van der Waals surface area contributed by atoms with Crippen LogP contribution in [0, 0.1) is 0 Å². The second-order valence-electron chi connectivity index (χ2n) is 9.04. The molecular formula is C31H46O5. The minimum absolute atomic E-state index is 0.198. The van der Waals surface area contributed by atoms with Crippen molar-refractivity contribution in [2.45, 2.75) is 85.5 Å². The second kappa shape index (κ2) is 17.6. The molecule has 2 aromatic carbocycles. The maximum absolute atomic E-state index is 10.8. The van der Waals surface area contributed by atoms with E-state index in [0.29, 0.717) is 44.3 Å². The van der Waals surface area contributed by atoms with E-state index in [9.17, 15) is 5.11 Å². The summed E-state index contributed by atoms with van der Waals surface area (Å²) >= 11 is 0. The van der Waals surface area contributed by atoms with Crippen LogP contribution >= 0.6 is 0 Å². The maximum atomic E-state index is 10.8. The number of allylic oxidation sites excluding steroid dienone is 1. The lowest BCUT2D eigenvalue weighted by molar-refractivity contribution is 0.262. The van der Waals surface area contributed by atoms with Crippen LogP contribution in [0.25, 0.3) is 6.08 Å². The van der Waals surface area contributed by atoms with E-state index in [1.165, 1.54) is 0 Å². The third-order valence-corrected chi connectivity index (χ3v) is 5.79. The molecule has 0 aliphatic rings. The zero-order valence-corrected chi connectivity index (χ0v) is 22.8. The van der Waals surface area contributed by atoms with E-state index >= 15 is 0 Å². The maximum Gasteiger partial charge on any atom is 0.161 e. The van der Waals surface area contributed by atoms with Crippen LogP contribution in [-0.4, -0.2) is 31.5 Å². The van der Waals surface area contributed by atoms with Crippen molar-refractivity contribution in [1.82, 2.24) is 0 Å². The van der Waals surface area contributed by atoms with Gasteiger partial charge in [-0.05, 0) is 49.8 Å². The van der Waals surface area contributed by atoms with Crippen molar-refractivity contribution in [2.24, 2.45) is 0 Å². The van der Waals surface area contributed by atoms with Crippen LogP contribution in [0.3, 0.4) is 0 Å². The molecule has 0 radical (unpaired) electrons. The molecule has 5 heteroatoms. The summed E-state index contributed by atoms with van der Waals surface area (Å²) in [6.45, 7) is 11.2. The Labute approximate surface area is 218 Å². The summed E-state index contributed by atoms with van der Waals surface area (Å²) in [5.74, 6) is 3.10. The number of aromatic hydroxyl groups is 1. The molecule has 0 saturated carbocycles. The summed E-state index contributed by atoms with van der Waals surface area (Å²) in [7, 11) is 0. The van der Waals surface area contributed by atoms with Gasteiger partial charge >= 0.3 is 0 Å². The van der Waals surface area contributed by atoms with Gasteiger partial charge in [0.1, 0.15) is 17.2 Å². The van der Waals surface area contributed by atoms with E-state index in [1.54, 1.807) is 6.07 Å². The topological polar surface area (TPSA) is 57.2 Å². The molecule has 0 unspecified atom stereocenters. The fourth-order valence-corrected chi connectivity index (χ4v) is 3.51. The lowest BCUT2D eigenvalue weighted by atomic mass is 10.1. The minimum atomic E-state index is 0.198. The highest BCUT2D eigenvalue weighted by molar-refractivity contribution is 5.58. The number of benzene rings is 2. The van der Waals surface area contributed by atoms with Gasteiger partial charge in [-0.25, -0.2) is 0 Å². The third kappa shape index (κ3) is 10.4. The molecule has 5 nitrogen and oxygen atoms in total. The van der Waals surface area contributed by atoms with Crippen LogP contribution in [0.2, 0.25) is 0 Å². The van der Waals surface area contributed by atoms with Crippen LogP contribution in [-0.2, 0) is 6.42 Å². The summed E-state index contributed by atoms with van der Waals surface area (Å²) in [6, 6.07) is 9.63. The van der Waals surface area contributed by atoms with Crippen LogP contribution in [0.5, 0.6) is 28.7 Å². The van der Waals surface area contributed by atoms with Crippen molar-refractivity contribution in [3.63, 3.8) is 0 Å². The lowest BCUT2D eigenvalue weighted by Gasteiger charge is -2.15. The molecule has 0 amide bonds. The van der Waals surface area contributed by atoms with Crippen LogP contribution in [0.4, 0.5) is 0 Å². The number of ether oxygens (including phenoxy) is 4. The van der Waals surface area contributed by atoms with Crippen LogP contribution in [0.15, 0.2) is 36.4 Å². The Morgan fingerprint density at radius 3 is 1.81 bits per heavy atom. The van der Waals surface area contributed by atoms with Gasteiger partial charge in [0.2, 0.25) is 0 Å². The van der Waals surface area contributed by atoms with Gasteiger partial charge in [-0.3, -0.25) is 0 Å². The highest BCUT2D eigenvalue weighted by Gasteiger charge is 2.12. The molecule has 0 aromatic heterocycles. The standard InChI is InChI=1S/C31H46O5/c1-5-9-18-33-26-23-28(32)27(30(24-26)35-20-11-7-3)15-13-14-25-16-17-29(34-19-10-6-2)31(22-25)36-21-12-8-4/h13-14,16-17,22-24,32H,5-12,15,18-21H2,1-4H3/b14-13+. The Morgan fingerprint density at radius 1 is 0.639 bits per heavy atom. The van der Waals surface area contributed by atoms with E-state index in [-0.39, 0.29) is 5.75 Å². The molecule has 0 atom stereocenters. The number of phenols is 1. The molecule has 0 heterocycles. The summed E-state index contributed by atoms with van der Waals surface area (Å²) < 4.78 is 23.8. The van der Waals surface area contributed by atoms with E-state index in [2.05, 4.69) is 27.7 Å². The second-order valence-corrected chi connectivity index (χ2v) is 9.04. The molecule has 36 heavy (non-hydrogen) atoms. The smallest absolute Gasteiger partial charge is 0.161 e. The summed E-state index contributed by atoms with van der Waals surface area (Å²) in [5, 5.41) is 10.8. The molecule has 0 spiro atoms. The third-order valence-electron chi connectivity index (χ3n) is 5.79. The molecule has 0 aliphatic heterocycles. The molecule has 0 bridgehead atoms. The molecule has 1 N–H and O–H groups in total. The fourth-order valence-electron chi connectivity index (χ4n) is 3.51. The van der Waals surface area contributed by atoms with Crippen LogP contribution in [0.1, 0.15) is 90.2 Å². The van der Waals surface area contributed by atoms with Gasteiger partial charge in [0.15, 0.2) is 11.5 Å². The first-order chi connectivity index (χ1) is 17.6. The first-order valence-electron chi connectivity index (χ1n) is 13.8. The number of hydrogen-bond acceptors (Lipinski definition) is 5. The summed E-state index contributed by atoms with van der Waals surface area (Å²) in [6.07, 6.45) is 12.9. The molecule has 2 aromatic rings. The number of unbranched alkanes of at least 4 members (excludes halogenated alkanes) is 4. The van der Waals surface area contributed by atoms with E-state index in [0.717, 1.165) is 74.0 Å². The zero-order valence-electron chi connectivity index (χ0n) is 22.8. The molecule has 0 fully saturated rings. The SMILES string of the molecule is CCCCOc1cc(O)c(C/C=C/c2ccc(OCCCC)c(OCCCC)c2)c(OCCCC)c1. The predicted octanol–water partition coefficient (Wildman–Crippen LogP) is 8.36. The number of phenolic OH excluding ortho intramolecular Hbond substituents is 1. The van der Waals surface area contributed by atoms with Gasteiger partial charge in [-0.1, -0.05) is 71.6 Å². The quantitative estimate of drug-likeness (QED) is 0.197. The monoisotopic (exact) mass is 498 g/mol. The number of rotatable bonds is 19. The Kier molecular flexibility index (Phi) is 14.4. The normalized spacial score (nSPS) is 11.1. The predicted molar refractivity (Wildman–Crippen MR) is 149 cm³/mol. The molecule has 2 rings (SSSR count). The van der Waals surface area contributed by atoms with Crippen molar-refractivity contribution in [2.75, 3.05) is 26.4 Å². The highest BCUT2D eigenvalue weighted by atomic mass is 16.5. The van der Waals surface area contributed by atoms with Gasteiger partial charge in [-0.15, -0.1) is 0 Å². The Morgan fingerprint density at radius 2 is 1.19 bits per heavy atom. The first-order valence-corrected chi connectivity index (χ1v) is 13.8. The molecule has 0 aliphatic carbocycles. The van der Waals surface area contributed by atoms with E-state index < -0.39 is 0 Å². The van der Waals surface area contributed by atoms with E-state index in [4.69, 9.17) is 18.9 Å².